The number of ether oxygens (including phenoxy) is 1. The standard InChI is InChI=1S/C19H28N2O3/c1-20(18(22)10-11-19(23)24-2)17-9-6-13-21(15-17)14-12-16-7-4-3-5-8-16/h3-5,7-8,17H,6,9-15H2,1-2H3/t17-/m1/s1. The van der Waals surface area contributed by atoms with E-state index < -0.39 is 0 Å². The van der Waals surface area contributed by atoms with Gasteiger partial charge in [-0.2, -0.15) is 0 Å². The maximum atomic E-state index is 12.2. The highest BCUT2D eigenvalue weighted by atomic mass is 16.5. The Bertz CT molecular complexity index is 533. The van der Waals surface area contributed by atoms with Crippen molar-refractivity contribution in [2.75, 3.05) is 33.8 Å². The van der Waals surface area contributed by atoms with Crippen molar-refractivity contribution < 1.29 is 14.3 Å². The summed E-state index contributed by atoms with van der Waals surface area (Å²) in [4.78, 5) is 27.7. The SMILES string of the molecule is COC(=O)CCC(=O)N(C)[C@@H]1CCCN(CCc2ccccc2)C1. The van der Waals surface area contributed by atoms with Crippen LogP contribution >= 0.6 is 0 Å². The summed E-state index contributed by atoms with van der Waals surface area (Å²) in [6.45, 7) is 3.02. The Balaban J connectivity index is 1.78. The Morgan fingerprint density at radius 2 is 2.00 bits per heavy atom. The fourth-order valence-corrected chi connectivity index (χ4v) is 3.17. The van der Waals surface area contributed by atoms with E-state index in [0.717, 1.165) is 38.9 Å². The number of carbonyl (C=O) groups excluding carboxylic acids is 2. The van der Waals surface area contributed by atoms with Gasteiger partial charge in [-0.25, -0.2) is 0 Å². The van der Waals surface area contributed by atoms with E-state index in [0.29, 0.717) is 0 Å². The molecule has 0 radical (unpaired) electrons. The number of amides is 1. The number of nitrogens with zero attached hydrogens (tertiary/aromatic N) is 2. The number of rotatable bonds is 7. The van der Waals surface area contributed by atoms with Crippen LogP contribution in [0.5, 0.6) is 0 Å². The quantitative estimate of drug-likeness (QED) is 0.718. The molecule has 5 nitrogen and oxygen atoms in total. The third-order valence-electron chi connectivity index (χ3n) is 4.75. The van der Waals surface area contributed by atoms with Gasteiger partial charge in [-0.15, -0.1) is 0 Å². The fourth-order valence-electron chi connectivity index (χ4n) is 3.17. The maximum absolute atomic E-state index is 12.2. The van der Waals surface area contributed by atoms with Gasteiger partial charge in [0.1, 0.15) is 0 Å². The molecule has 0 N–H and O–H groups in total. The van der Waals surface area contributed by atoms with Crippen LogP contribution in [0.1, 0.15) is 31.2 Å². The molecule has 1 fully saturated rings. The van der Waals surface area contributed by atoms with Crippen LogP contribution < -0.4 is 0 Å². The molecule has 1 aliphatic heterocycles. The van der Waals surface area contributed by atoms with E-state index in [1.807, 2.05) is 18.0 Å². The van der Waals surface area contributed by atoms with E-state index in [9.17, 15) is 9.59 Å². The minimum atomic E-state index is -0.329. The number of piperidine rings is 1. The molecule has 5 heteroatoms. The fraction of sp³-hybridized carbons (Fsp3) is 0.579. The summed E-state index contributed by atoms with van der Waals surface area (Å²) in [5, 5.41) is 0. The van der Waals surface area contributed by atoms with Crippen molar-refractivity contribution in [1.29, 1.82) is 0 Å². The van der Waals surface area contributed by atoms with Crippen LogP contribution in [-0.2, 0) is 20.7 Å². The molecule has 1 atom stereocenters. The van der Waals surface area contributed by atoms with Gasteiger partial charge in [0.15, 0.2) is 0 Å². The third-order valence-corrected chi connectivity index (χ3v) is 4.75. The van der Waals surface area contributed by atoms with Crippen LogP contribution in [0.3, 0.4) is 0 Å². The number of esters is 1. The van der Waals surface area contributed by atoms with Crippen molar-refractivity contribution in [2.45, 2.75) is 38.1 Å². The van der Waals surface area contributed by atoms with Crippen LogP contribution in [0, 0.1) is 0 Å². The first-order chi connectivity index (χ1) is 11.6. The van der Waals surface area contributed by atoms with Gasteiger partial charge >= 0.3 is 5.97 Å². The average Bonchev–Trinajstić information content (AvgIpc) is 2.64. The second kappa shape index (κ2) is 9.42. The molecule has 0 saturated carbocycles. The molecule has 0 aliphatic carbocycles. The van der Waals surface area contributed by atoms with Gasteiger partial charge in [-0.05, 0) is 31.4 Å². The highest BCUT2D eigenvalue weighted by molar-refractivity contribution is 5.81. The van der Waals surface area contributed by atoms with E-state index in [1.165, 1.54) is 12.7 Å². The Labute approximate surface area is 144 Å². The van der Waals surface area contributed by atoms with Gasteiger partial charge < -0.3 is 14.5 Å². The van der Waals surface area contributed by atoms with Crippen LogP contribution in [-0.4, -0.2) is 61.5 Å². The number of carbonyl (C=O) groups is 2. The van der Waals surface area contributed by atoms with Crippen LogP contribution in [0.25, 0.3) is 0 Å². The van der Waals surface area contributed by atoms with Crippen LogP contribution in [0.4, 0.5) is 0 Å². The topological polar surface area (TPSA) is 49.9 Å². The molecule has 1 aliphatic rings. The molecule has 1 saturated heterocycles. The minimum absolute atomic E-state index is 0.0234. The predicted molar refractivity (Wildman–Crippen MR) is 93.6 cm³/mol. The molecular weight excluding hydrogens is 304 g/mol. The number of likely N-dealkylation sites (tertiary alicyclic amines) is 1. The molecule has 1 amide bonds. The molecule has 0 spiro atoms. The molecule has 2 rings (SSSR count). The minimum Gasteiger partial charge on any atom is -0.469 e. The summed E-state index contributed by atoms with van der Waals surface area (Å²) >= 11 is 0. The summed E-state index contributed by atoms with van der Waals surface area (Å²) in [7, 11) is 3.20. The number of hydrogen-bond donors (Lipinski definition) is 0. The third kappa shape index (κ3) is 5.64. The van der Waals surface area contributed by atoms with Crippen molar-refractivity contribution in [3.8, 4) is 0 Å². The summed E-state index contributed by atoms with van der Waals surface area (Å²) in [5.41, 5.74) is 1.35. The molecule has 0 unspecified atom stereocenters. The van der Waals surface area contributed by atoms with Crippen molar-refractivity contribution in [1.82, 2.24) is 9.80 Å². The van der Waals surface area contributed by atoms with E-state index in [1.54, 1.807) is 0 Å². The van der Waals surface area contributed by atoms with Crippen molar-refractivity contribution in [2.24, 2.45) is 0 Å². The number of benzene rings is 1. The average molecular weight is 332 g/mol. The first-order valence-electron chi connectivity index (χ1n) is 8.69. The van der Waals surface area contributed by atoms with Gasteiger partial charge in [0.25, 0.3) is 0 Å². The van der Waals surface area contributed by atoms with Crippen molar-refractivity contribution in [3.63, 3.8) is 0 Å². The van der Waals surface area contributed by atoms with Gasteiger partial charge in [-0.1, -0.05) is 30.3 Å². The lowest BCUT2D eigenvalue weighted by Crippen LogP contribution is -2.49. The predicted octanol–water partition coefficient (Wildman–Crippen LogP) is 2.11. The molecule has 1 aromatic carbocycles. The number of likely N-dealkylation sites (N-methyl/N-ethyl adjacent to an activating group) is 1. The van der Waals surface area contributed by atoms with E-state index >= 15 is 0 Å². The lowest BCUT2D eigenvalue weighted by atomic mass is 10.0. The van der Waals surface area contributed by atoms with E-state index in [2.05, 4.69) is 33.9 Å². The largest absolute Gasteiger partial charge is 0.469 e. The Morgan fingerprint density at radius 1 is 1.25 bits per heavy atom. The number of hydrogen-bond acceptors (Lipinski definition) is 4. The van der Waals surface area contributed by atoms with Crippen LogP contribution in [0.2, 0.25) is 0 Å². The zero-order chi connectivity index (χ0) is 17.4. The Kier molecular flexibility index (Phi) is 7.25. The summed E-state index contributed by atoms with van der Waals surface area (Å²) in [5.74, 6) is -0.305. The van der Waals surface area contributed by atoms with Gasteiger partial charge in [0.05, 0.1) is 13.5 Å². The Morgan fingerprint density at radius 3 is 2.71 bits per heavy atom. The van der Waals surface area contributed by atoms with Gasteiger partial charge in [0, 0.05) is 32.6 Å². The Hall–Kier alpha value is -1.88. The maximum Gasteiger partial charge on any atom is 0.306 e. The summed E-state index contributed by atoms with van der Waals surface area (Å²) in [6.07, 6.45) is 3.55. The van der Waals surface area contributed by atoms with Gasteiger partial charge in [-0.3, -0.25) is 9.59 Å². The monoisotopic (exact) mass is 332 g/mol. The normalized spacial score (nSPS) is 18.2. The van der Waals surface area contributed by atoms with E-state index in [-0.39, 0.29) is 30.8 Å². The lowest BCUT2D eigenvalue weighted by Gasteiger charge is -2.37. The molecule has 0 aromatic heterocycles. The second-order valence-electron chi connectivity index (χ2n) is 6.41. The molecule has 132 valence electrons. The molecule has 0 bridgehead atoms. The smallest absolute Gasteiger partial charge is 0.306 e. The molecule has 24 heavy (non-hydrogen) atoms. The van der Waals surface area contributed by atoms with Gasteiger partial charge in [0.2, 0.25) is 5.91 Å². The zero-order valence-corrected chi connectivity index (χ0v) is 14.7. The van der Waals surface area contributed by atoms with Crippen molar-refractivity contribution in [3.05, 3.63) is 35.9 Å². The molecule has 1 aromatic rings. The zero-order valence-electron chi connectivity index (χ0n) is 14.7. The second-order valence-corrected chi connectivity index (χ2v) is 6.41. The lowest BCUT2D eigenvalue weighted by molar-refractivity contribution is -0.144. The number of methoxy groups -OCH3 is 1. The van der Waals surface area contributed by atoms with E-state index in [4.69, 9.17) is 0 Å². The van der Waals surface area contributed by atoms with Crippen LogP contribution in [0.15, 0.2) is 30.3 Å². The van der Waals surface area contributed by atoms with Crippen molar-refractivity contribution >= 4 is 11.9 Å². The first kappa shape index (κ1) is 18.5. The molecular formula is C19H28N2O3. The highest BCUT2D eigenvalue weighted by Crippen LogP contribution is 2.16. The summed E-state index contributed by atoms with van der Waals surface area (Å²) in [6, 6.07) is 10.7. The molecule has 1 heterocycles. The summed E-state index contributed by atoms with van der Waals surface area (Å²) < 4.78 is 4.60. The highest BCUT2D eigenvalue weighted by Gasteiger charge is 2.26. The first-order valence-corrected chi connectivity index (χ1v) is 8.69.